The lowest BCUT2D eigenvalue weighted by molar-refractivity contribution is 1.06. The molecule has 0 aliphatic rings. The first-order valence-electron chi connectivity index (χ1n) is 6.42. The van der Waals surface area contributed by atoms with E-state index in [2.05, 4.69) is 53.7 Å². The molecule has 0 bridgehead atoms. The lowest BCUT2D eigenvalue weighted by Gasteiger charge is -2.10. The third-order valence-corrected chi connectivity index (χ3v) is 3.44. The lowest BCUT2D eigenvalue weighted by atomic mass is 10.1. The largest absolute Gasteiger partial charge is 0.300 e. The van der Waals surface area contributed by atoms with Gasteiger partial charge in [-0.05, 0) is 37.1 Å². The first-order valence-corrected chi connectivity index (χ1v) is 6.42. The van der Waals surface area contributed by atoms with Gasteiger partial charge in [0.05, 0.1) is 0 Å². The third kappa shape index (κ3) is 2.17. The first-order chi connectivity index (χ1) is 9.25. The fourth-order valence-electron chi connectivity index (χ4n) is 2.19. The van der Waals surface area contributed by atoms with E-state index in [9.17, 15) is 0 Å². The van der Waals surface area contributed by atoms with Crippen molar-refractivity contribution in [2.24, 2.45) is 0 Å². The Morgan fingerprint density at radius 2 is 1.68 bits per heavy atom. The van der Waals surface area contributed by atoms with Crippen molar-refractivity contribution in [1.29, 1.82) is 0 Å². The number of rotatable bonds is 2. The molecule has 0 spiro atoms. The summed E-state index contributed by atoms with van der Waals surface area (Å²) >= 11 is 0. The van der Waals surface area contributed by atoms with Crippen LogP contribution in [0.15, 0.2) is 60.9 Å². The second-order valence-electron chi connectivity index (χ2n) is 4.76. The predicted molar refractivity (Wildman–Crippen MR) is 78.5 cm³/mol. The van der Waals surface area contributed by atoms with E-state index in [1.165, 1.54) is 11.1 Å². The average molecular weight is 248 g/mol. The van der Waals surface area contributed by atoms with Gasteiger partial charge < -0.3 is 0 Å². The Hall–Kier alpha value is -2.35. The molecule has 0 radical (unpaired) electrons. The van der Waals surface area contributed by atoms with Crippen molar-refractivity contribution in [3.8, 4) is 17.1 Å². The van der Waals surface area contributed by atoms with E-state index < -0.39 is 0 Å². The van der Waals surface area contributed by atoms with E-state index in [0.29, 0.717) is 0 Å². The van der Waals surface area contributed by atoms with E-state index in [-0.39, 0.29) is 0 Å². The summed E-state index contributed by atoms with van der Waals surface area (Å²) in [6.45, 7) is 4.27. The number of benzene rings is 2. The molecule has 2 heteroatoms. The van der Waals surface area contributed by atoms with Crippen LogP contribution in [0.2, 0.25) is 0 Å². The third-order valence-electron chi connectivity index (χ3n) is 3.44. The van der Waals surface area contributed by atoms with E-state index in [0.717, 1.165) is 17.1 Å². The summed E-state index contributed by atoms with van der Waals surface area (Å²) < 4.78 is 2.13. The van der Waals surface area contributed by atoms with Crippen LogP contribution in [0.3, 0.4) is 0 Å². The van der Waals surface area contributed by atoms with Crippen molar-refractivity contribution >= 4 is 0 Å². The Bertz CT molecular complexity index is 696. The molecule has 0 saturated carbocycles. The summed E-state index contributed by atoms with van der Waals surface area (Å²) in [6, 6.07) is 16.7. The van der Waals surface area contributed by atoms with Crippen LogP contribution in [0.25, 0.3) is 17.1 Å². The minimum Gasteiger partial charge on any atom is -0.300 e. The van der Waals surface area contributed by atoms with Crippen LogP contribution in [-0.2, 0) is 0 Å². The Kier molecular flexibility index (Phi) is 2.92. The van der Waals surface area contributed by atoms with Gasteiger partial charge in [0.2, 0.25) is 0 Å². The summed E-state index contributed by atoms with van der Waals surface area (Å²) in [5.41, 5.74) is 4.89. The Balaban J connectivity index is 2.12. The molecular weight excluding hydrogens is 232 g/mol. The summed E-state index contributed by atoms with van der Waals surface area (Å²) in [5.74, 6) is 0.976. The summed E-state index contributed by atoms with van der Waals surface area (Å²) in [5, 5.41) is 0. The minimum atomic E-state index is 0.976. The molecule has 94 valence electrons. The normalized spacial score (nSPS) is 10.6. The molecule has 3 aromatic rings. The van der Waals surface area contributed by atoms with E-state index in [1.807, 2.05) is 30.6 Å². The zero-order chi connectivity index (χ0) is 13.2. The van der Waals surface area contributed by atoms with E-state index in [4.69, 9.17) is 0 Å². The first kappa shape index (κ1) is 11.7. The topological polar surface area (TPSA) is 17.8 Å². The predicted octanol–water partition coefficient (Wildman–Crippen LogP) is 4.16. The number of aryl methyl sites for hydroxylation is 2. The highest BCUT2D eigenvalue weighted by atomic mass is 15.1. The zero-order valence-corrected chi connectivity index (χ0v) is 11.2. The highest BCUT2D eigenvalue weighted by Crippen LogP contribution is 2.22. The average Bonchev–Trinajstić information content (AvgIpc) is 2.92. The molecule has 19 heavy (non-hydrogen) atoms. The van der Waals surface area contributed by atoms with E-state index >= 15 is 0 Å². The summed E-state index contributed by atoms with van der Waals surface area (Å²) in [7, 11) is 0. The van der Waals surface area contributed by atoms with Crippen molar-refractivity contribution in [2.45, 2.75) is 13.8 Å². The molecular formula is C17H16N2. The molecule has 0 unspecified atom stereocenters. The van der Waals surface area contributed by atoms with Crippen LogP contribution < -0.4 is 0 Å². The van der Waals surface area contributed by atoms with Gasteiger partial charge in [-0.3, -0.25) is 4.57 Å². The van der Waals surface area contributed by atoms with Gasteiger partial charge in [-0.1, -0.05) is 36.4 Å². The molecule has 0 amide bonds. The standard InChI is InChI=1S/C17H16N2/c1-13-8-9-16(12-14(13)2)19-11-10-18-17(19)15-6-4-3-5-7-15/h3-12H,1-2H3. The van der Waals surface area contributed by atoms with Crippen LogP contribution in [0.5, 0.6) is 0 Å². The molecule has 3 rings (SSSR count). The number of hydrogen-bond acceptors (Lipinski definition) is 1. The zero-order valence-electron chi connectivity index (χ0n) is 11.2. The van der Waals surface area contributed by atoms with Crippen LogP contribution in [0.4, 0.5) is 0 Å². The monoisotopic (exact) mass is 248 g/mol. The fourth-order valence-corrected chi connectivity index (χ4v) is 2.19. The van der Waals surface area contributed by atoms with E-state index in [1.54, 1.807) is 0 Å². The maximum absolute atomic E-state index is 4.48. The van der Waals surface area contributed by atoms with Gasteiger partial charge in [-0.2, -0.15) is 0 Å². The molecule has 1 aromatic heterocycles. The highest BCUT2D eigenvalue weighted by molar-refractivity contribution is 5.58. The Labute approximate surface area is 113 Å². The molecule has 0 aliphatic carbocycles. The van der Waals surface area contributed by atoms with Crippen molar-refractivity contribution < 1.29 is 0 Å². The van der Waals surface area contributed by atoms with Crippen molar-refractivity contribution in [3.05, 3.63) is 72.1 Å². The SMILES string of the molecule is Cc1ccc(-n2ccnc2-c2ccccc2)cc1C. The Morgan fingerprint density at radius 3 is 2.42 bits per heavy atom. The van der Waals surface area contributed by atoms with Crippen LogP contribution in [0.1, 0.15) is 11.1 Å². The number of nitrogens with zero attached hydrogens (tertiary/aromatic N) is 2. The van der Waals surface area contributed by atoms with Gasteiger partial charge >= 0.3 is 0 Å². The minimum absolute atomic E-state index is 0.976. The van der Waals surface area contributed by atoms with Crippen LogP contribution >= 0.6 is 0 Å². The fraction of sp³-hybridized carbons (Fsp3) is 0.118. The molecule has 0 aliphatic heterocycles. The molecule has 1 heterocycles. The van der Waals surface area contributed by atoms with Crippen molar-refractivity contribution in [2.75, 3.05) is 0 Å². The summed E-state index contributed by atoms with van der Waals surface area (Å²) in [4.78, 5) is 4.48. The smallest absolute Gasteiger partial charge is 0.144 e. The number of hydrogen-bond donors (Lipinski definition) is 0. The van der Waals surface area contributed by atoms with Crippen LogP contribution in [0, 0.1) is 13.8 Å². The van der Waals surface area contributed by atoms with Gasteiger partial charge in [-0.15, -0.1) is 0 Å². The highest BCUT2D eigenvalue weighted by Gasteiger charge is 2.07. The van der Waals surface area contributed by atoms with Gasteiger partial charge in [0.15, 0.2) is 0 Å². The maximum Gasteiger partial charge on any atom is 0.144 e. The van der Waals surface area contributed by atoms with Gasteiger partial charge in [0.1, 0.15) is 5.82 Å². The van der Waals surface area contributed by atoms with Crippen molar-refractivity contribution in [1.82, 2.24) is 9.55 Å². The number of imidazole rings is 1. The number of aromatic nitrogens is 2. The van der Waals surface area contributed by atoms with Crippen molar-refractivity contribution in [3.63, 3.8) is 0 Å². The molecule has 2 aromatic carbocycles. The lowest BCUT2D eigenvalue weighted by Crippen LogP contribution is -1.97. The Morgan fingerprint density at radius 1 is 0.895 bits per heavy atom. The van der Waals surface area contributed by atoms with Crippen LogP contribution in [-0.4, -0.2) is 9.55 Å². The van der Waals surface area contributed by atoms with Gasteiger partial charge in [-0.25, -0.2) is 4.98 Å². The summed E-state index contributed by atoms with van der Waals surface area (Å²) in [6.07, 6.45) is 3.85. The van der Waals surface area contributed by atoms with Gasteiger partial charge in [0.25, 0.3) is 0 Å². The molecule has 0 saturated heterocycles. The molecule has 0 N–H and O–H groups in total. The second kappa shape index (κ2) is 4.73. The second-order valence-corrected chi connectivity index (χ2v) is 4.76. The maximum atomic E-state index is 4.48. The quantitative estimate of drug-likeness (QED) is 0.666. The molecule has 0 atom stereocenters. The molecule has 2 nitrogen and oxygen atoms in total. The molecule has 0 fully saturated rings. The van der Waals surface area contributed by atoms with Gasteiger partial charge in [0, 0.05) is 23.6 Å².